The van der Waals surface area contributed by atoms with Gasteiger partial charge in [-0.3, -0.25) is 0 Å². The molecule has 2 aliphatic rings. The summed E-state index contributed by atoms with van der Waals surface area (Å²) in [4.78, 5) is 5.55. The molecular weight excluding hydrogens is 202 g/mol. The molecule has 0 aromatic heterocycles. The van der Waals surface area contributed by atoms with Gasteiger partial charge in [0.1, 0.15) is 5.75 Å². The van der Waals surface area contributed by atoms with Crippen molar-refractivity contribution in [1.82, 2.24) is 0 Å². The van der Waals surface area contributed by atoms with E-state index in [9.17, 15) is 0 Å². The Labute approximate surface area is 93.8 Å². The molecule has 0 N–H and O–H groups in total. The van der Waals surface area contributed by atoms with E-state index in [4.69, 9.17) is 9.57 Å². The first-order valence-corrected chi connectivity index (χ1v) is 5.14. The number of rotatable bonds is 1. The van der Waals surface area contributed by atoms with Crippen molar-refractivity contribution in [3.05, 3.63) is 54.6 Å². The van der Waals surface area contributed by atoms with Crippen LogP contribution in [0.15, 0.2) is 54.6 Å². The third-order valence-electron chi connectivity index (χ3n) is 2.47. The Morgan fingerprint density at radius 3 is 2.25 bits per heavy atom. The molecule has 3 nitrogen and oxygen atoms in total. The average Bonchev–Trinajstić information content (AvgIpc) is 2.31. The van der Waals surface area contributed by atoms with Crippen molar-refractivity contribution in [2.45, 2.75) is 0 Å². The Morgan fingerprint density at radius 1 is 0.812 bits per heavy atom. The molecule has 3 heteroatoms. The second kappa shape index (κ2) is 3.87. The molecular formula is C13H11NO2. The number of nitrogens with zero attached hydrogens (tertiary/aromatic N) is 1. The van der Waals surface area contributed by atoms with Gasteiger partial charge in [0, 0.05) is 0 Å². The molecule has 0 fully saturated rings. The molecule has 4 rings (SSSR count). The van der Waals surface area contributed by atoms with Crippen molar-refractivity contribution in [1.29, 1.82) is 0 Å². The van der Waals surface area contributed by atoms with Crippen LogP contribution in [0.25, 0.3) is 0 Å². The fraction of sp³-hybridized carbons (Fsp3) is 0.0769. The number of fused-ring (bicyclic) bond motifs is 5. The van der Waals surface area contributed by atoms with E-state index in [1.54, 1.807) is 5.06 Å². The number of benzene rings is 2. The molecule has 0 unspecified atom stereocenters. The summed E-state index contributed by atoms with van der Waals surface area (Å²) in [5.41, 5.74) is 1.99. The summed E-state index contributed by atoms with van der Waals surface area (Å²) in [7, 11) is 0. The molecule has 0 radical (unpaired) electrons. The van der Waals surface area contributed by atoms with E-state index in [-0.39, 0.29) is 6.79 Å². The van der Waals surface area contributed by atoms with Crippen LogP contribution in [0.1, 0.15) is 0 Å². The summed E-state index contributed by atoms with van der Waals surface area (Å²) in [5, 5.41) is 1.77. The Balaban J connectivity index is 2.03. The van der Waals surface area contributed by atoms with Crippen LogP contribution >= 0.6 is 0 Å². The van der Waals surface area contributed by atoms with Gasteiger partial charge in [-0.05, 0) is 36.4 Å². The second-order valence-electron chi connectivity index (χ2n) is 3.52. The SMILES string of the molecule is c1ccc(N2OCOc3ccc2cc3)cc1. The van der Waals surface area contributed by atoms with Crippen molar-refractivity contribution < 1.29 is 9.57 Å². The fourth-order valence-corrected chi connectivity index (χ4v) is 1.69. The quantitative estimate of drug-likeness (QED) is 0.726. The zero-order valence-electron chi connectivity index (χ0n) is 8.67. The maximum atomic E-state index is 5.55. The number of para-hydroxylation sites is 1. The highest BCUT2D eigenvalue weighted by Crippen LogP contribution is 2.29. The van der Waals surface area contributed by atoms with Gasteiger partial charge >= 0.3 is 0 Å². The third kappa shape index (κ3) is 1.61. The summed E-state index contributed by atoms with van der Waals surface area (Å²) in [6.07, 6.45) is 0. The molecule has 0 spiro atoms. The number of anilines is 2. The van der Waals surface area contributed by atoms with Crippen LogP contribution in [0.3, 0.4) is 0 Å². The third-order valence-corrected chi connectivity index (χ3v) is 2.47. The lowest BCUT2D eigenvalue weighted by atomic mass is 10.2. The lowest BCUT2D eigenvalue weighted by Crippen LogP contribution is -2.22. The minimum atomic E-state index is 0.225. The maximum absolute atomic E-state index is 5.55. The number of hydrogen-bond donors (Lipinski definition) is 0. The monoisotopic (exact) mass is 213 g/mol. The van der Waals surface area contributed by atoms with E-state index in [0.29, 0.717) is 0 Å². The van der Waals surface area contributed by atoms with Gasteiger partial charge in [0.05, 0.1) is 11.4 Å². The Kier molecular flexibility index (Phi) is 2.23. The van der Waals surface area contributed by atoms with Crippen LogP contribution in [0.5, 0.6) is 5.75 Å². The Hall–Kier alpha value is -2.00. The normalized spacial score (nSPS) is 14.1. The predicted octanol–water partition coefficient (Wildman–Crippen LogP) is 3.11. The first-order chi connectivity index (χ1) is 7.93. The van der Waals surface area contributed by atoms with Gasteiger partial charge in [-0.15, -0.1) is 0 Å². The van der Waals surface area contributed by atoms with E-state index in [1.165, 1.54) is 0 Å². The molecule has 0 saturated heterocycles. The fourth-order valence-electron chi connectivity index (χ4n) is 1.69. The van der Waals surface area contributed by atoms with E-state index in [1.807, 2.05) is 54.6 Å². The van der Waals surface area contributed by atoms with Gasteiger partial charge in [-0.1, -0.05) is 18.2 Å². The molecule has 2 heterocycles. The van der Waals surface area contributed by atoms with Crippen molar-refractivity contribution in [2.24, 2.45) is 0 Å². The highest BCUT2D eigenvalue weighted by atomic mass is 16.8. The first-order valence-electron chi connectivity index (χ1n) is 5.14. The van der Waals surface area contributed by atoms with Crippen LogP contribution in [0.2, 0.25) is 0 Å². The van der Waals surface area contributed by atoms with Gasteiger partial charge < -0.3 is 4.74 Å². The van der Waals surface area contributed by atoms with Crippen LogP contribution < -0.4 is 9.80 Å². The second-order valence-corrected chi connectivity index (χ2v) is 3.52. The predicted molar refractivity (Wildman–Crippen MR) is 61.6 cm³/mol. The zero-order chi connectivity index (χ0) is 10.8. The molecule has 2 aromatic rings. The summed E-state index contributed by atoms with van der Waals surface area (Å²) in [5.74, 6) is 0.830. The van der Waals surface area contributed by atoms with Crippen LogP contribution in [-0.4, -0.2) is 6.79 Å². The highest BCUT2D eigenvalue weighted by molar-refractivity contribution is 5.61. The van der Waals surface area contributed by atoms with Crippen LogP contribution in [-0.2, 0) is 4.84 Å². The Bertz CT molecular complexity index is 467. The van der Waals surface area contributed by atoms with Gasteiger partial charge in [-0.2, -0.15) is 0 Å². The lowest BCUT2D eigenvalue weighted by molar-refractivity contribution is 0.0127. The summed E-state index contributed by atoms with van der Waals surface area (Å²) >= 11 is 0. The van der Waals surface area contributed by atoms with Crippen molar-refractivity contribution in [3.63, 3.8) is 0 Å². The van der Waals surface area contributed by atoms with Gasteiger partial charge in [0.15, 0.2) is 0 Å². The van der Waals surface area contributed by atoms with E-state index >= 15 is 0 Å². The van der Waals surface area contributed by atoms with E-state index in [2.05, 4.69) is 0 Å². The maximum Gasteiger partial charge on any atom is 0.214 e. The minimum absolute atomic E-state index is 0.225. The van der Waals surface area contributed by atoms with Crippen LogP contribution in [0.4, 0.5) is 11.4 Å². The summed E-state index contributed by atoms with van der Waals surface area (Å²) < 4.78 is 5.39. The molecule has 80 valence electrons. The molecule has 16 heavy (non-hydrogen) atoms. The molecule has 0 atom stereocenters. The lowest BCUT2D eigenvalue weighted by Gasteiger charge is -2.26. The number of ether oxygens (including phenoxy) is 1. The standard InChI is InChI=1S/C13H11NO2/c1-2-4-11(5-3-1)14-12-6-8-13(9-7-12)15-10-16-14/h1-9H,10H2. The average molecular weight is 213 g/mol. The van der Waals surface area contributed by atoms with Crippen molar-refractivity contribution >= 4 is 11.4 Å². The van der Waals surface area contributed by atoms with Gasteiger partial charge in [0.25, 0.3) is 0 Å². The molecule has 0 aliphatic carbocycles. The van der Waals surface area contributed by atoms with Crippen molar-refractivity contribution in [2.75, 3.05) is 11.9 Å². The highest BCUT2D eigenvalue weighted by Gasteiger charge is 2.12. The summed E-state index contributed by atoms with van der Waals surface area (Å²) in [6, 6.07) is 17.8. The van der Waals surface area contributed by atoms with Gasteiger partial charge in [-0.25, -0.2) is 9.90 Å². The van der Waals surface area contributed by atoms with E-state index < -0.39 is 0 Å². The topological polar surface area (TPSA) is 21.7 Å². The molecule has 2 aromatic carbocycles. The minimum Gasteiger partial charge on any atom is -0.465 e. The molecule has 2 aliphatic heterocycles. The van der Waals surface area contributed by atoms with Crippen molar-refractivity contribution in [3.8, 4) is 5.75 Å². The van der Waals surface area contributed by atoms with E-state index in [0.717, 1.165) is 17.1 Å². The number of hydrogen-bond acceptors (Lipinski definition) is 3. The summed E-state index contributed by atoms with van der Waals surface area (Å²) in [6.45, 7) is 0.225. The molecule has 2 bridgehead atoms. The largest absolute Gasteiger partial charge is 0.465 e. The smallest absolute Gasteiger partial charge is 0.214 e. The zero-order valence-corrected chi connectivity index (χ0v) is 8.67. The first kappa shape index (κ1) is 9.24. The van der Waals surface area contributed by atoms with Gasteiger partial charge in [0.2, 0.25) is 6.79 Å². The molecule has 0 amide bonds. The Morgan fingerprint density at radius 2 is 1.50 bits per heavy atom. The van der Waals surface area contributed by atoms with Crippen LogP contribution in [0, 0.1) is 0 Å². The molecule has 0 saturated carbocycles.